The van der Waals surface area contributed by atoms with Crippen LogP contribution >= 0.6 is 0 Å². The van der Waals surface area contributed by atoms with Crippen molar-refractivity contribution in [1.82, 2.24) is 29.4 Å². The SMILES string of the molecule is CNc1ccc2ccc(OCc3cncc(-n4cc(C5CCN(C)CC5)c5c(N)ncnc54)c3)cc2n1. The Labute approximate surface area is 215 Å². The molecule has 1 fully saturated rings. The van der Waals surface area contributed by atoms with Gasteiger partial charge in [-0.25, -0.2) is 15.0 Å². The van der Waals surface area contributed by atoms with Gasteiger partial charge in [-0.3, -0.25) is 9.55 Å². The van der Waals surface area contributed by atoms with Gasteiger partial charge in [0.05, 0.1) is 22.8 Å². The van der Waals surface area contributed by atoms with Gasteiger partial charge in [0, 0.05) is 36.5 Å². The number of rotatable bonds is 6. The number of likely N-dealkylation sites (tertiary alicyclic amines) is 1. The first-order valence-corrected chi connectivity index (χ1v) is 12.5. The number of benzene rings is 1. The number of pyridine rings is 2. The molecule has 0 aliphatic carbocycles. The summed E-state index contributed by atoms with van der Waals surface area (Å²) < 4.78 is 8.20. The number of aromatic nitrogens is 5. The number of hydrogen-bond acceptors (Lipinski definition) is 8. The predicted molar refractivity (Wildman–Crippen MR) is 146 cm³/mol. The van der Waals surface area contributed by atoms with Crippen LogP contribution in [0.15, 0.2) is 61.3 Å². The lowest BCUT2D eigenvalue weighted by molar-refractivity contribution is 0.256. The van der Waals surface area contributed by atoms with Crippen LogP contribution < -0.4 is 15.8 Å². The van der Waals surface area contributed by atoms with Crippen LogP contribution in [0.1, 0.15) is 29.9 Å². The molecule has 1 saturated heterocycles. The summed E-state index contributed by atoms with van der Waals surface area (Å²) in [5.41, 5.74) is 11.1. The quantitative estimate of drug-likeness (QED) is 0.358. The molecule has 5 heterocycles. The third-order valence-electron chi connectivity index (χ3n) is 7.18. The second-order valence-electron chi connectivity index (χ2n) is 9.63. The summed E-state index contributed by atoms with van der Waals surface area (Å²) >= 11 is 0. The van der Waals surface area contributed by atoms with Crippen molar-refractivity contribution in [3.63, 3.8) is 0 Å². The number of ether oxygens (including phenoxy) is 1. The van der Waals surface area contributed by atoms with Crippen molar-refractivity contribution in [3.05, 3.63) is 72.4 Å². The summed E-state index contributed by atoms with van der Waals surface area (Å²) in [4.78, 5) is 20.4. The van der Waals surface area contributed by atoms with Gasteiger partial charge in [0.25, 0.3) is 0 Å². The number of nitrogens with two attached hydrogens (primary N) is 1. The van der Waals surface area contributed by atoms with E-state index in [2.05, 4.69) is 54.0 Å². The molecular weight excluding hydrogens is 464 g/mol. The Morgan fingerprint density at radius 3 is 2.76 bits per heavy atom. The third kappa shape index (κ3) is 4.53. The van der Waals surface area contributed by atoms with E-state index >= 15 is 0 Å². The van der Waals surface area contributed by atoms with Gasteiger partial charge in [-0.15, -0.1) is 0 Å². The number of hydrogen-bond donors (Lipinski definition) is 2. The largest absolute Gasteiger partial charge is 0.489 e. The maximum atomic E-state index is 6.36. The zero-order valence-electron chi connectivity index (χ0n) is 21.1. The van der Waals surface area contributed by atoms with Crippen molar-refractivity contribution in [2.45, 2.75) is 25.4 Å². The number of fused-ring (bicyclic) bond motifs is 2. The topological polar surface area (TPSA) is 107 Å². The lowest BCUT2D eigenvalue weighted by Gasteiger charge is -2.28. The number of nitrogens with zero attached hydrogens (tertiary/aromatic N) is 6. The van der Waals surface area contributed by atoms with Crippen LogP contribution in [0.5, 0.6) is 5.75 Å². The molecule has 0 atom stereocenters. The summed E-state index contributed by atoms with van der Waals surface area (Å²) in [6.07, 6.45) is 9.55. The van der Waals surface area contributed by atoms with Gasteiger partial charge in [-0.05, 0) is 74.8 Å². The highest BCUT2D eigenvalue weighted by atomic mass is 16.5. The fraction of sp³-hybridized carbons (Fsp3) is 0.286. The van der Waals surface area contributed by atoms with Crippen molar-refractivity contribution in [1.29, 1.82) is 0 Å². The summed E-state index contributed by atoms with van der Waals surface area (Å²) in [6, 6.07) is 12.0. The van der Waals surface area contributed by atoms with Crippen molar-refractivity contribution >= 4 is 33.6 Å². The van der Waals surface area contributed by atoms with Gasteiger partial charge < -0.3 is 20.7 Å². The molecule has 1 aliphatic heterocycles. The molecule has 0 bridgehead atoms. The van der Waals surface area contributed by atoms with Crippen LogP contribution in [0.2, 0.25) is 0 Å². The van der Waals surface area contributed by atoms with Gasteiger partial charge in [-0.2, -0.15) is 0 Å². The van der Waals surface area contributed by atoms with E-state index in [0.717, 1.165) is 70.7 Å². The molecule has 1 aromatic carbocycles. The Bertz CT molecular complexity index is 1570. The molecule has 0 unspecified atom stereocenters. The Balaban J connectivity index is 1.29. The Morgan fingerprint density at radius 2 is 1.92 bits per heavy atom. The van der Waals surface area contributed by atoms with E-state index in [1.165, 1.54) is 11.9 Å². The maximum Gasteiger partial charge on any atom is 0.150 e. The molecule has 3 N–H and O–H groups in total. The molecule has 5 aromatic rings. The average molecular weight is 495 g/mol. The van der Waals surface area contributed by atoms with Crippen LogP contribution in [0.4, 0.5) is 11.6 Å². The first kappa shape index (κ1) is 23.2. The molecule has 0 spiro atoms. The van der Waals surface area contributed by atoms with E-state index in [0.29, 0.717) is 18.3 Å². The van der Waals surface area contributed by atoms with E-state index in [1.54, 1.807) is 0 Å². The molecule has 4 aromatic heterocycles. The van der Waals surface area contributed by atoms with Gasteiger partial charge in [0.2, 0.25) is 0 Å². The average Bonchev–Trinajstić information content (AvgIpc) is 3.33. The van der Waals surface area contributed by atoms with E-state index in [9.17, 15) is 0 Å². The summed E-state index contributed by atoms with van der Waals surface area (Å²) in [6.45, 7) is 2.52. The molecule has 9 heteroatoms. The molecule has 0 amide bonds. The molecular formula is C28H30N8O. The number of anilines is 2. The number of piperidine rings is 1. The van der Waals surface area contributed by atoms with E-state index in [4.69, 9.17) is 10.5 Å². The minimum absolute atomic E-state index is 0.385. The van der Waals surface area contributed by atoms with Crippen molar-refractivity contribution in [2.75, 3.05) is 38.2 Å². The van der Waals surface area contributed by atoms with Gasteiger partial charge in [-0.1, -0.05) is 0 Å². The van der Waals surface area contributed by atoms with E-state index in [-0.39, 0.29) is 0 Å². The zero-order valence-corrected chi connectivity index (χ0v) is 21.1. The standard InChI is InChI=1S/C28H30N8O/c1-30-25-6-4-20-3-5-22(12-24(20)34-25)37-16-18-11-21(14-31-13-18)36-15-23(19-7-9-35(2)10-8-19)26-27(29)32-17-33-28(26)36/h3-6,11-15,17,19H,7-10,16H2,1-2H3,(H,30,34)(H2,29,32,33). The lowest BCUT2D eigenvalue weighted by Crippen LogP contribution is -2.29. The highest BCUT2D eigenvalue weighted by molar-refractivity contribution is 5.91. The molecule has 1 aliphatic rings. The molecule has 188 valence electrons. The molecule has 0 saturated carbocycles. The Kier molecular flexibility index (Phi) is 6.05. The van der Waals surface area contributed by atoms with Crippen LogP contribution in [0.25, 0.3) is 27.6 Å². The molecule has 9 nitrogen and oxygen atoms in total. The third-order valence-corrected chi connectivity index (χ3v) is 7.18. The highest BCUT2D eigenvalue weighted by Gasteiger charge is 2.25. The Morgan fingerprint density at radius 1 is 1.08 bits per heavy atom. The Hall–Kier alpha value is -4.24. The fourth-order valence-electron chi connectivity index (χ4n) is 5.12. The summed E-state index contributed by atoms with van der Waals surface area (Å²) in [5, 5.41) is 5.09. The van der Waals surface area contributed by atoms with Crippen molar-refractivity contribution in [3.8, 4) is 11.4 Å². The first-order chi connectivity index (χ1) is 18.1. The van der Waals surface area contributed by atoms with Crippen LogP contribution in [-0.4, -0.2) is 56.6 Å². The number of nitrogen functional groups attached to an aromatic ring is 1. The summed E-state index contributed by atoms with van der Waals surface area (Å²) in [5.74, 6) is 2.54. The van der Waals surface area contributed by atoms with Gasteiger partial charge in [0.1, 0.15) is 36.0 Å². The van der Waals surface area contributed by atoms with Crippen LogP contribution in [-0.2, 0) is 6.61 Å². The fourth-order valence-corrected chi connectivity index (χ4v) is 5.12. The van der Waals surface area contributed by atoms with E-state index in [1.807, 2.05) is 49.8 Å². The predicted octanol–water partition coefficient (Wildman–Crippen LogP) is 4.38. The first-order valence-electron chi connectivity index (χ1n) is 12.5. The summed E-state index contributed by atoms with van der Waals surface area (Å²) in [7, 11) is 4.03. The van der Waals surface area contributed by atoms with Gasteiger partial charge >= 0.3 is 0 Å². The smallest absolute Gasteiger partial charge is 0.150 e. The monoisotopic (exact) mass is 494 g/mol. The van der Waals surface area contributed by atoms with E-state index < -0.39 is 0 Å². The minimum Gasteiger partial charge on any atom is -0.489 e. The molecule has 37 heavy (non-hydrogen) atoms. The second-order valence-corrected chi connectivity index (χ2v) is 9.63. The van der Waals surface area contributed by atoms with Crippen molar-refractivity contribution in [2.24, 2.45) is 0 Å². The molecule has 6 rings (SSSR count). The zero-order chi connectivity index (χ0) is 25.4. The minimum atomic E-state index is 0.385. The van der Waals surface area contributed by atoms with Crippen molar-refractivity contribution < 1.29 is 4.74 Å². The lowest BCUT2D eigenvalue weighted by atomic mass is 9.90. The van der Waals surface area contributed by atoms with Gasteiger partial charge in [0.15, 0.2) is 0 Å². The van der Waals surface area contributed by atoms with Crippen LogP contribution in [0, 0.1) is 0 Å². The van der Waals surface area contributed by atoms with Crippen LogP contribution in [0.3, 0.4) is 0 Å². The number of nitrogens with one attached hydrogen (secondary N) is 1. The second kappa shape index (κ2) is 9.67. The molecule has 0 radical (unpaired) electrons. The highest BCUT2D eigenvalue weighted by Crippen LogP contribution is 2.36. The maximum absolute atomic E-state index is 6.36. The normalized spacial score (nSPS) is 14.9.